The van der Waals surface area contributed by atoms with Gasteiger partial charge in [0.15, 0.2) is 0 Å². The van der Waals surface area contributed by atoms with Crippen molar-refractivity contribution in [3.63, 3.8) is 0 Å². The molecule has 2 rings (SSSR count). The van der Waals surface area contributed by atoms with Crippen molar-refractivity contribution < 1.29 is 0 Å². The van der Waals surface area contributed by atoms with Crippen molar-refractivity contribution in [3.05, 3.63) is 0 Å². The fourth-order valence-electron chi connectivity index (χ4n) is 3.24. The lowest BCUT2D eigenvalue weighted by atomic mass is 9.75. The molecule has 2 unspecified atom stereocenters. The number of rotatable bonds is 2. The van der Waals surface area contributed by atoms with Gasteiger partial charge in [0.05, 0.1) is 0 Å². The van der Waals surface area contributed by atoms with Crippen molar-refractivity contribution >= 4 is 11.8 Å². The first-order valence-electron chi connectivity index (χ1n) is 6.99. The van der Waals surface area contributed by atoms with Crippen molar-refractivity contribution in [2.45, 2.75) is 70.9 Å². The molecule has 16 heavy (non-hydrogen) atoms. The summed E-state index contributed by atoms with van der Waals surface area (Å²) in [4.78, 5) is 0. The van der Waals surface area contributed by atoms with Crippen LogP contribution in [0, 0.1) is 5.41 Å². The maximum absolute atomic E-state index is 3.94. The maximum Gasteiger partial charge on any atom is 0.00778 e. The van der Waals surface area contributed by atoms with Crippen molar-refractivity contribution in [2.75, 3.05) is 11.5 Å². The molecule has 1 saturated heterocycles. The van der Waals surface area contributed by atoms with Crippen LogP contribution in [0.4, 0.5) is 0 Å². The zero-order valence-corrected chi connectivity index (χ0v) is 11.7. The summed E-state index contributed by atoms with van der Waals surface area (Å²) in [5, 5.41) is 3.94. The van der Waals surface area contributed by atoms with Gasteiger partial charge in [0.25, 0.3) is 0 Å². The Morgan fingerprint density at radius 2 is 1.81 bits per heavy atom. The van der Waals surface area contributed by atoms with Gasteiger partial charge in [0.2, 0.25) is 0 Å². The van der Waals surface area contributed by atoms with Gasteiger partial charge >= 0.3 is 0 Å². The molecule has 0 radical (unpaired) electrons. The van der Waals surface area contributed by atoms with Gasteiger partial charge in [-0.1, -0.05) is 20.3 Å². The lowest BCUT2D eigenvalue weighted by Crippen LogP contribution is -2.43. The van der Waals surface area contributed by atoms with Crippen LogP contribution < -0.4 is 5.32 Å². The van der Waals surface area contributed by atoms with Gasteiger partial charge < -0.3 is 5.32 Å². The Bertz CT molecular complexity index is 207. The van der Waals surface area contributed by atoms with E-state index in [9.17, 15) is 0 Å². The monoisotopic (exact) mass is 241 g/mol. The highest BCUT2D eigenvalue weighted by Crippen LogP contribution is 2.35. The first kappa shape index (κ1) is 12.8. The van der Waals surface area contributed by atoms with Crippen LogP contribution in [0.5, 0.6) is 0 Å². The highest BCUT2D eigenvalue weighted by atomic mass is 32.2. The van der Waals surface area contributed by atoms with Gasteiger partial charge in [0.1, 0.15) is 0 Å². The molecule has 1 nitrogen and oxygen atoms in total. The van der Waals surface area contributed by atoms with E-state index in [1.807, 2.05) is 0 Å². The molecule has 0 aromatic carbocycles. The van der Waals surface area contributed by atoms with E-state index >= 15 is 0 Å². The molecule has 2 fully saturated rings. The third-order valence-corrected chi connectivity index (χ3v) is 5.23. The summed E-state index contributed by atoms with van der Waals surface area (Å²) in [6, 6.07) is 1.62. The number of hydrogen-bond donors (Lipinski definition) is 1. The van der Waals surface area contributed by atoms with Gasteiger partial charge in [-0.2, -0.15) is 11.8 Å². The standard InChI is InChI=1S/C14H27NS/c1-14(2)8-3-5-13(11-14)15-12-6-4-9-16-10-7-12/h12-13,15H,3-11H2,1-2H3. The normalized spacial score (nSPS) is 35.6. The summed E-state index contributed by atoms with van der Waals surface area (Å²) in [6.45, 7) is 4.87. The van der Waals surface area contributed by atoms with Crippen LogP contribution in [0.3, 0.4) is 0 Å². The summed E-state index contributed by atoms with van der Waals surface area (Å²) >= 11 is 2.14. The van der Waals surface area contributed by atoms with E-state index in [1.54, 1.807) is 0 Å². The largest absolute Gasteiger partial charge is 0.311 e. The molecule has 2 aliphatic rings. The maximum atomic E-state index is 3.94. The first-order chi connectivity index (χ1) is 7.66. The fraction of sp³-hybridized carbons (Fsp3) is 1.00. The molecule has 1 aliphatic heterocycles. The van der Waals surface area contributed by atoms with Crippen LogP contribution in [-0.2, 0) is 0 Å². The molecule has 1 N–H and O–H groups in total. The second-order valence-electron chi connectivity index (χ2n) is 6.36. The molecule has 0 bridgehead atoms. The molecular weight excluding hydrogens is 214 g/mol. The first-order valence-corrected chi connectivity index (χ1v) is 8.15. The van der Waals surface area contributed by atoms with Crippen LogP contribution in [0.2, 0.25) is 0 Å². The Labute approximate surface area is 105 Å². The minimum Gasteiger partial charge on any atom is -0.311 e. The zero-order valence-electron chi connectivity index (χ0n) is 10.9. The van der Waals surface area contributed by atoms with Crippen LogP contribution in [0.25, 0.3) is 0 Å². The van der Waals surface area contributed by atoms with E-state index in [1.165, 1.54) is 56.5 Å². The zero-order chi connectivity index (χ0) is 11.4. The van der Waals surface area contributed by atoms with Crippen molar-refractivity contribution in [2.24, 2.45) is 5.41 Å². The van der Waals surface area contributed by atoms with Gasteiger partial charge in [-0.25, -0.2) is 0 Å². The molecule has 0 aromatic rings. The molecule has 94 valence electrons. The van der Waals surface area contributed by atoms with E-state index in [4.69, 9.17) is 0 Å². The second-order valence-corrected chi connectivity index (χ2v) is 7.59. The predicted octanol–water partition coefficient (Wildman–Crippen LogP) is 3.83. The smallest absolute Gasteiger partial charge is 0.00778 e. The van der Waals surface area contributed by atoms with Gasteiger partial charge in [0, 0.05) is 12.1 Å². The summed E-state index contributed by atoms with van der Waals surface area (Å²) in [5.74, 6) is 2.75. The van der Waals surface area contributed by atoms with Crippen molar-refractivity contribution in [1.29, 1.82) is 0 Å². The van der Waals surface area contributed by atoms with E-state index in [0.717, 1.165) is 12.1 Å². The Morgan fingerprint density at radius 3 is 2.62 bits per heavy atom. The lowest BCUT2D eigenvalue weighted by molar-refractivity contribution is 0.186. The van der Waals surface area contributed by atoms with E-state index in [0.29, 0.717) is 5.41 Å². The summed E-state index contributed by atoms with van der Waals surface area (Å²) in [7, 11) is 0. The van der Waals surface area contributed by atoms with Gasteiger partial charge in [-0.3, -0.25) is 0 Å². The number of hydrogen-bond acceptors (Lipinski definition) is 2. The Morgan fingerprint density at radius 1 is 1.00 bits per heavy atom. The quantitative estimate of drug-likeness (QED) is 0.788. The highest BCUT2D eigenvalue weighted by molar-refractivity contribution is 7.99. The average Bonchev–Trinajstić information content (AvgIpc) is 2.45. The molecule has 2 heteroatoms. The van der Waals surface area contributed by atoms with Gasteiger partial charge in [-0.15, -0.1) is 0 Å². The Kier molecular flexibility index (Phi) is 4.60. The molecular formula is C14H27NS. The summed E-state index contributed by atoms with van der Waals surface area (Å²) < 4.78 is 0. The highest BCUT2D eigenvalue weighted by Gasteiger charge is 2.29. The van der Waals surface area contributed by atoms with E-state index in [2.05, 4.69) is 30.9 Å². The van der Waals surface area contributed by atoms with Crippen LogP contribution in [0.15, 0.2) is 0 Å². The van der Waals surface area contributed by atoms with Crippen molar-refractivity contribution in [1.82, 2.24) is 5.32 Å². The molecule has 0 aromatic heterocycles. The number of thioether (sulfide) groups is 1. The molecule has 1 heterocycles. The number of nitrogens with one attached hydrogen (secondary N) is 1. The molecule has 1 saturated carbocycles. The fourth-order valence-corrected chi connectivity index (χ4v) is 4.27. The third-order valence-electron chi connectivity index (χ3n) is 4.13. The minimum atomic E-state index is 0.579. The van der Waals surface area contributed by atoms with Crippen LogP contribution in [-0.4, -0.2) is 23.6 Å². The van der Waals surface area contributed by atoms with Gasteiger partial charge in [-0.05, 0) is 55.4 Å². The SMILES string of the molecule is CC1(C)CCCC(NC2CCCSCC2)C1. The predicted molar refractivity (Wildman–Crippen MR) is 74.1 cm³/mol. The average molecular weight is 241 g/mol. The molecule has 0 spiro atoms. The topological polar surface area (TPSA) is 12.0 Å². The van der Waals surface area contributed by atoms with E-state index < -0.39 is 0 Å². The molecule has 1 aliphatic carbocycles. The Hall–Kier alpha value is 0.310. The van der Waals surface area contributed by atoms with Crippen LogP contribution >= 0.6 is 11.8 Å². The Balaban J connectivity index is 1.79. The molecule has 2 atom stereocenters. The van der Waals surface area contributed by atoms with E-state index in [-0.39, 0.29) is 0 Å². The minimum absolute atomic E-state index is 0.579. The lowest BCUT2D eigenvalue weighted by Gasteiger charge is -2.37. The molecule has 0 amide bonds. The summed E-state index contributed by atoms with van der Waals surface area (Å²) in [6.07, 6.45) is 9.85. The van der Waals surface area contributed by atoms with Crippen LogP contribution in [0.1, 0.15) is 58.8 Å². The van der Waals surface area contributed by atoms with Crippen molar-refractivity contribution in [3.8, 4) is 0 Å². The summed E-state index contributed by atoms with van der Waals surface area (Å²) in [5.41, 5.74) is 0.579. The third kappa shape index (κ3) is 3.96. The second kappa shape index (κ2) is 5.77.